The summed E-state index contributed by atoms with van der Waals surface area (Å²) in [6, 6.07) is 3.33. The first kappa shape index (κ1) is 12.8. The van der Waals surface area contributed by atoms with Crippen LogP contribution in [0.2, 0.25) is 0 Å². The molecule has 2 rings (SSSR count). The molecule has 0 saturated heterocycles. The third-order valence-corrected chi connectivity index (χ3v) is 2.66. The number of aliphatic hydroxyl groups is 1. The highest BCUT2D eigenvalue weighted by Gasteiger charge is 2.31. The lowest BCUT2D eigenvalue weighted by Crippen LogP contribution is -2.10. The van der Waals surface area contributed by atoms with E-state index >= 15 is 0 Å². The number of halogens is 3. The summed E-state index contributed by atoms with van der Waals surface area (Å²) < 4.78 is 39.3. The molecule has 0 bridgehead atoms. The second-order valence-corrected chi connectivity index (χ2v) is 3.81. The van der Waals surface area contributed by atoms with Crippen LogP contribution in [0.1, 0.15) is 11.4 Å². The molecular weight excluding hydrogens is 247 g/mol. The van der Waals surface area contributed by atoms with E-state index < -0.39 is 11.7 Å². The minimum Gasteiger partial charge on any atom is -0.395 e. The van der Waals surface area contributed by atoms with Gasteiger partial charge in [-0.1, -0.05) is 0 Å². The van der Waals surface area contributed by atoms with Gasteiger partial charge in [-0.25, -0.2) is 4.98 Å². The molecule has 0 unspecified atom stereocenters. The van der Waals surface area contributed by atoms with Crippen molar-refractivity contribution in [2.45, 2.75) is 19.3 Å². The van der Waals surface area contributed by atoms with Gasteiger partial charge in [0.05, 0.1) is 29.7 Å². The lowest BCUT2D eigenvalue weighted by Gasteiger charge is -2.07. The van der Waals surface area contributed by atoms with Crippen LogP contribution in [0.5, 0.6) is 0 Å². The highest BCUT2D eigenvalue weighted by molar-refractivity contribution is 5.77. The quantitative estimate of drug-likeness (QED) is 0.878. The van der Waals surface area contributed by atoms with Gasteiger partial charge in [0.25, 0.3) is 0 Å². The molecule has 0 aliphatic heterocycles. The largest absolute Gasteiger partial charge is 0.416 e. The van der Waals surface area contributed by atoms with E-state index in [1.807, 2.05) is 0 Å². The Morgan fingerprint density at radius 3 is 2.61 bits per heavy atom. The maximum absolute atomic E-state index is 12.6. The van der Waals surface area contributed by atoms with Gasteiger partial charge in [0, 0.05) is 6.54 Å². The number of aromatic nitrogens is 2. The molecule has 0 radical (unpaired) electrons. The van der Waals surface area contributed by atoms with Gasteiger partial charge in [-0.2, -0.15) is 13.2 Å². The Morgan fingerprint density at radius 1 is 1.33 bits per heavy atom. The van der Waals surface area contributed by atoms with Crippen LogP contribution in [-0.2, 0) is 19.3 Å². The minimum atomic E-state index is -4.39. The summed E-state index contributed by atoms with van der Waals surface area (Å²) in [5, 5.41) is 8.93. The number of nitrogens with two attached hydrogens (primary N) is 1. The van der Waals surface area contributed by atoms with Crippen LogP contribution < -0.4 is 5.73 Å². The number of hydrogen-bond donors (Lipinski definition) is 2. The number of imidazole rings is 1. The van der Waals surface area contributed by atoms with E-state index in [4.69, 9.17) is 10.8 Å². The third-order valence-electron chi connectivity index (χ3n) is 2.66. The molecule has 0 amide bonds. The molecule has 0 saturated carbocycles. The second-order valence-electron chi connectivity index (χ2n) is 3.81. The monoisotopic (exact) mass is 259 g/mol. The molecular formula is C11H12F3N3O. The number of alkyl halides is 3. The number of benzene rings is 1. The first-order valence-electron chi connectivity index (χ1n) is 5.34. The molecule has 18 heavy (non-hydrogen) atoms. The molecule has 0 atom stereocenters. The predicted octanol–water partition coefficient (Wildman–Crippen LogP) is 1.51. The molecule has 0 aliphatic carbocycles. The number of fused-ring (bicyclic) bond motifs is 1. The Balaban J connectivity index is 2.59. The smallest absolute Gasteiger partial charge is 0.395 e. The van der Waals surface area contributed by atoms with Crippen LogP contribution in [0.25, 0.3) is 11.0 Å². The van der Waals surface area contributed by atoms with Crippen LogP contribution in [0.3, 0.4) is 0 Å². The molecule has 0 aliphatic rings. The SMILES string of the molecule is NCc1nc2cc(C(F)(F)F)ccc2n1CCO. The number of nitrogens with zero attached hydrogens (tertiary/aromatic N) is 2. The Labute approximate surface area is 101 Å². The topological polar surface area (TPSA) is 64.1 Å². The van der Waals surface area contributed by atoms with Gasteiger partial charge in [-0.05, 0) is 18.2 Å². The van der Waals surface area contributed by atoms with E-state index in [-0.39, 0.29) is 25.2 Å². The molecule has 3 N–H and O–H groups in total. The zero-order chi connectivity index (χ0) is 13.3. The van der Waals surface area contributed by atoms with E-state index in [9.17, 15) is 13.2 Å². The lowest BCUT2D eigenvalue weighted by atomic mass is 10.2. The van der Waals surface area contributed by atoms with Crippen molar-refractivity contribution in [2.24, 2.45) is 5.73 Å². The molecule has 1 aromatic carbocycles. The van der Waals surface area contributed by atoms with Crippen molar-refractivity contribution in [3.63, 3.8) is 0 Å². The third kappa shape index (κ3) is 2.19. The highest BCUT2D eigenvalue weighted by atomic mass is 19.4. The van der Waals surface area contributed by atoms with Crippen molar-refractivity contribution >= 4 is 11.0 Å². The van der Waals surface area contributed by atoms with Gasteiger partial charge < -0.3 is 15.4 Å². The summed E-state index contributed by atoms with van der Waals surface area (Å²) in [4.78, 5) is 4.05. The van der Waals surface area contributed by atoms with E-state index in [1.54, 1.807) is 4.57 Å². The van der Waals surface area contributed by atoms with Crippen molar-refractivity contribution in [1.82, 2.24) is 9.55 Å². The molecule has 7 heteroatoms. The average Bonchev–Trinajstić information content (AvgIpc) is 2.66. The summed E-state index contributed by atoms with van der Waals surface area (Å²) in [5.74, 6) is 0.457. The Kier molecular flexibility index (Phi) is 3.27. The first-order valence-corrected chi connectivity index (χ1v) is 5.34. The highest BCUT2D eigenvalue weighted by Crippen LogP contribution is 2.31. The summed E-state index contributed by atoms with van der Waals surface area (Å²) in [7, 11) is 0. The Hall–Kier alpha value is -1.60. The van der Waals surface area contributed by atoms with Crippen LogP contribution >= 0.6 is 0 Å². The van der Waals surface area contributed by atoms with Gasteiger partial charge in [-0.3, -0.25) is 0 Å². The number of rotatable bonds is 3. The number of hydrogen-bond acceptors (Lipinski definition) is 3. The maximum Gasteiger partial charge on any atom is 0.416 e. The van der Waals surface area contributed by atoms with Gasteiger partial charge >= 0.3 is 6.18 Å². The van der Waals surface area contributed by atoms with E-state index in [2.05, 4.69) is 4.98 Å². The lowest BCUT2D eigenvalue weighted by molar-refractivity contribution is -0.137. The van der Waals surface area contributed by atoms with Crippen molar-refractivity contribution in [3.05, 3.63) is 29.6 Å². The van der Waals surface area contributed by atoms with E-state index in [0.29, 0.717) is 11.3 Å². The van der Waals surface area contributed by atoms with Crippen LogP contribution in [0, 0.1) is 0 Å². The summed E-state index contributed by atoms with van der Waals surface area (Å²) >= 11 is 0. The molecule has 0 spiro atoms. The summed E-state index contributed by atoms with van der Waals surface area (Å²) in [6.07, 6.45) is -4.39. The van der Waals surface area contributed by atoms with Gasteiger partial charge in [0.2, 0.25) is 0 Å². The van der Waals surface area contributed by atoms with Gasteiger partial charge in [0.15, 0.2) is 0 Å². The van der Waals surface area contributed by atoms with Crippen LogP contribution in [0.15, 0.2) is 18.2 Å². The average molecular weight is 259 g/mol. The van der Waals surface area contributed by atoms with Crippen molar-refractivity contribution in [1.29, 1.82) is 0 Å². The van der Waals surface area contributed by atoms with Crippen molar-refractivity contribution < 1.29 is 18.3 Å². The van der Waals surface area contributed by atoms with Crippen LogP contribution in [0.4, 0.5) is 13.2 Å². The zero-order valence-corrected chi connectivity index (χ0v) is 9.41. The fraction of sp³-hybridized carbons (Fsp3) is 0.364. The minimum absolute atomic E-state index is 0.107. The Bertz CT molecular complexity index is 562. The van der Waals surface area contributed by atoms with E-state index in [1.165, 1.54) is 6.07 Å². The summed E-state index contributed by atoms with van der Waals surface area (Å²) in [6.45, 7) is 0.240. The van der Waals surface area contributed by atoms with Crippen molar-refractivity contribution in [3.8, 4) is 0 Å². The normalized spacial score (nSPS) is 12.3. The fourth-order valence-electron chi connectivity index (χ4n) is 1.86. The maximum atomic E-state index is 12.6. The van der Waals surface area contributed by atoms with Gasteiger partial charge in [0.1, 0.15) is 5.82 Å². The second kappa shape index (κ2) is 4.58. The Morgan fingerprint density at radius 2 is 2.06 bits per heavy atom. The first-order chi connectivity index (χ1) is 8.47. The molecule has 2 aromatic rings. The standard InChI is InChI=1S/C11H12F3N3O/c12-11(13,14)7-1-2-9-8(5-7)16-10(6-15)17(9)3-4-18/h1-2,5,18H,3-4,6,15H2. The summed E-state index contributed by atoms with van der Waals surface area (Å²) in [5.41, 5.74) is 5.51. The van der Waals surface area contributed by atoms with Gasteiger partial charge in [-0.15, -0.1) is 0 Å². The molecule has 0 fully saturated rings. The zero-order valence-electron chi connectivity index (χ0n) is 9.41. The predicted molar refractivity (Wildman–Crippen MR) is 59.7 cm³/mol. The molecule has 1 heterocycles. The van der Waals surface area contributed by atoms with Crippen molar-refractivity contribution in [2.75, 3.05) is 6.61 Å². The molecule has 98 valence electrons. The number of aliphatic hydroxyl groups excluding tert-OH is 1. The molecule has 1 aromatic heterocycles. The van der Waals surface area contributed by atoms with E-state index in [0.717, 1.165) is 12.1 Å². The van der Waals surface area contributed by atoms with Crippen LogP contribution in [-0.4, -0.2) is 21.3 Å². The fourth-order valence-corrected chi connectivity index (χ4v) is 1.86. The molecule has 4 nitrogen and oxygen atoms in total.